The Morgan fingerprint density at radius 1 is 1.08 bits per heavy atom. The second kappa shape index (κ2) is 7.57. The van der Waals surface area contributed by atoms with Gasteiger partial charge in [0.05, 0.1) is 18.5 Å². The summed E-state index contributed by atoms with van der Waals surface area (Å²) in [5.74, 6) is 0.197. The summed E-state index contributed by atoms with van der Waals surface area (Å²) in [5.41, 5.74) is 2.67. The van der Waals surface area contributed by atoms with Crippen LogP contribution in [0, 0.1) is 0 Å². The molecule has 3 rings (SSSR count). The van der Waals surface area contributed by atoms with E-state index in [1.54, 1.807) is 29.1 Å². The van der Waals surface area contributed by atoms with Gasteiger partial charge in [0.1, 0.15) is 5.75 Å². The van der Waals surface area contributed by atoms with Crippen LogP contribution in [0.3, 0.4) is 0 Å². The summed E-state index contributed by atoms with van der Waals surface area (Å²) in [6.07, 6.45) is 3.39. The molecule has 0 aliphatic rings. The molecule has 0 saturated heterocycles. The van der Waals surface area contributed by atoms with Crippen LogP contribution in [-0.2, 0) is 0 Å². The number of phenols is 1. The van der Waals surface area contributed by atoms with E-state index in [4.69, 9.17) is 0 Å². The molecule has 0 bridgehead atoms. The van der Waals surface area contributed by atoms with Crippen LogP contribution >= 0.6 is 11.3 Å². The van der Waals surface area contributed by atoms with E-state index in [0.29, 0.717) is 12.1 Å². The second-order valence-electron chi connectivity index (χ2n) is 5.01. The van der Waals surface area contributed by atoms with E-state index in [9.17, 15) is 5.11 Å². The van der Waals surface area contributed by atoms with E-state index < -0.39 is 0 Å². The Bertz CT molecular complexity index is 923. The number of thiazole rings is 1. The highest BCUT2D eigenvalue weighted by atomic mass is 32.1. The van der Waals surface area contributed by atoms with Crippen LogP contribution in [0.25, 0.3) is 11.3 Å². The molecule has 5 heteroatoms. The van der Waals surface area contributed by atoms with Crippen molar-refractivity contribution >= 4 is 17.6 Å². The molecule has 2 aromatic carbocycles. The fourth-order valence-corrected chi connectivity index (χ4v) is 3.03. The number of aromatic nitrogens is 1. The lowest BCUT2D eigenvalue weighted by Crippen LogP contribution is -2.12. The highest BCUT2D eigenvalue weighted by Gasteiger charge is 2.07. The quantitative estimate of drug-likeness (QED) is 0.558. The van der Waals surface area contributed by atoms with Gasteiger partial charge >= 0.3 is 0 Å². The number of phenolic OH excluding ortho intramolecular Hbond substituents is 1. The lowest BCUT2D eigenvalue weighted by Gasteiger charge is -2.03. The van der Waals surface area contributed by atoms with Gasteiger partial charge in [-0.05, 0) is 12.1 Å². The number of rotatable bonds is 5. The van der Waals surface area contributed by atoms with Gasteiger partial charge in [0.2, 0.25) is 4.80 Å². The van der Waals surface area contributed by atoms with Crippen LogP contribution in [-0.4, -0.2) is 22.5 Å². The Balaban J connectivity index is 2.09. The second-order valence-corrected chi connectivity index (χ2v) is 5.85. The first-order valence-electron chi connectivity index (χ1n) is 7.49. The number of para-hydroxylation sites is 1. The zero-order valence-electron chi connectivity index (χ0n) is 13.0. The molecule has 24 heavy (non-hydrogen) atoms. The largest absolute Gasteiger partial charge is 0.507 e. The zero-order valence-corrected chi connectivity index (χ0v) is 13.9. The summed E-state index contributed by atoms with van der Waals surface area (Å²) in [6.45, 7) is 4.23. The van der Waals surface area contributed by atoms with E-state index in [-0.39, 0.29) is 5.75 Å². The first kappa shape index (κ1) is 16.0. The molecule has 0 aliphatic carbocycles. The minimum Gasteiger partial charge on any atom is -0.507 e. The molecule has 1 N–H and O–H groups in total. The van der Waals surface area contributed by atoms with Crippen molar-refractivity contribution in [1.82, 2.24) is 4.68 Å². The number of hydrogen-bond acceptors (Lipinski definition) is 4. The predicted molar refractivity (Wildman–Crippen MR) is 99.5 cm³/mol. The third kappa shape index (κ3) is 3.52. The first-order chi connectivity index (χ1) is 11.8. The number of nitrogens with zero attached hydrogens (tertiary/aromatic N) is 3. The third-order valence-electron chi connectivity index (χ3n) is 3.36. The Labute approximate surface area is 144 Å². The van der Waals surface area contributed by atoms with Crippen molar-refractivity contribution in [2.24, 2.45) is 10.1 Å². The van der Waals surface area contributed by atoms with Crippen molar-refractivity contribution in [3.05, 3.63) is 83.0 Å². The Kier molecular flexibility index (Phi) is 5.03. The Morgan fingerprint density at radius 3 is 2.58 bits per heavy atom. The number of aromatic hydroxyl groups is 1. The zero-order chi connectivity index (χ0) is 16.8. The fourth-order valence-electron chi connectivity index (χ4n) is 2.19. The van der Waals surface area contributed by atoms with Crippen LogP contribution < -0.4 is 4.80 Å². The molecule has 0 unspecified atom stereocenters. The lowest BCUT2D eigenvalue weighted by molar-refractivity contribution is 0.474. The smallest absolute Gasteiger partial charge is 0.206 e. The van der Waals surface area contributed by atoms with Crippen LogP contribution in [0.2, 0.25) is 0 Å². The minimum absolute atomic E-state index is 0.197. The SMILES string of the molecule is C=CCN=c1scc(-c2ccccc2)n1N=Cc1ccccc1O. The molecule has 0 fully saturated rings. The van der Waals surface area contributed by atoms with Crippen molar-refractivity contribution in [3.8, 4) is 17.0 Å². The van der Waals surface area contributed by atoms with Gasteiger partial charge in [-0.15, -0.1) is 17.9 Å². The van der Waals surface area contributed by atoms with E-state index in [0.717, 1.165) is 16.1 Å². The van der Waals surface area contributed by atoms with Crippen molar-refractivity contribution in [1.29, 1.82) is 0 Å². The highest BCUT2D eigenvalue weighted by molar-refractivity contribution is 7.07. The average molecular weight is 335 g/mol. The van der Waals surface area contributed by atoms with Gasteiger partial charge < -0.3 is 5.11 Å². The van der Waals surface area contributed by atoms with Gasteiger partial charge in [-0.3, -0.25) is 4.99 Å². The minimum atomic E-state index is 0.197. The molecule has 0 aliphatic heterocycles. The van der Waals surface area contributed by atoms with Crippen LogP contribution in [0.15, 0.2) is 82.7 Å². The molecule has 1 heterocycles. The van der Waals surface area contributed by atoms with Crippen molar-refractivity contribution in [3.63, 3.8) is 0 Å². The topological polar surface area (TPSA) is 49.9 Å². The Hall–Kier alpha value is -2.92. The van der Waals surface area contributed by atoms with E-state index in [2.05, 4.69) is 16.7 Å². The molecule has 0 atom stereocenters. The summed E-state index contributed by atoms with van der Waals surface area (Å²) in [6, 6.07) is 17.1. The highest BCUT2D eigenvalue weighted by Crippen LogP contribution is 2.20. The molecule has 1 aromatic heterocycles. The summed E-state index contributed by atoms with van der Waals surface area (Å²) in [5, 5.41) is 16.5. The summed E-state index contributed by atoms with van der Waals surface area (Å²) < 4.78 is 1.79. The molecule has 120 valence electrons. The van der Waals surface area contributed by atoms with Gasteiger partial charge in [0, 0.05) is 16.5 Å². The maximum atomic E-state index is 9.90. The van der Waals surface area contributed by atoms with Crippen LogP contribution in [0.5, 0.6) is 5.75 Å². The van der Waals surface area contributed by atoms with Gasteiger partial charge in [-0.25, -0.2) is 4.68 Å². The summed E-state index contributed by atoms with van der Waals surface area (Å²) in [7, 11) is 0. The normalized spacial score (nSPS) is 11.9. The van der Waals surface area contributed by atoms with Gasteiger partial charge in [-0.2, -0.15) is 5.10 Å². The average Bonchev–Trinajstić information content (AvgIpc) is 3.03. The predicted octanol–water partition coefficient (Wildman–Crippen LogP) is 3.89. The van der Waals surface area contributed by atoms with E-state index in [1.807, 2.05) is 47.8 Å². The summed E-state index contributed by atoms with van der Waals surface area (Å²) in [4.78, 5) is 5.27. The number of hydrogen-bond donors (Lipinski definition) is 1. The third-order valence-corrected chi connectivity index (χ3v) is 4.21. The first-order valence-corrected chi connectivity index (χ1v) is 8.37. The molecular weight excluding hydrogens is 318 g/mol. The van der Waals surface area contributed by atoms with Crippen molar-refractivity contribution in [2.75, 3.05) is 6.54 Å². The number of benzene rings is 2. The fraction of sp³-hybridized carbons (Fsp3) is 0.0526. The van der Waals surface area contributed by atoms with Crippen LogP contribution in [0.4, 0.5) is 0 Å². The van der Waals surface area contributed by atoms with Crippen molar-refractivity contribution in [2.45, 2.75) is 0 Å². The molecule has 4 nitrogen and oxygen atoms in total. The van der Waals surface area contributed by atoms with E-state index in [1.165, 1.54) is 11.3 Å². The molecule has 0 spiro atoms. The van der Waals surface area contributed by atoms with Crippen LogP contribution in [0.1, 0.15) is 5.56 Å². The molecular formula is C19H17N3OS. The molecule has 0 radical (unpaired) electrons. The Morgan fingerprint density at radius 2 is 1.83 bits per heavy atom. The maximum Gasteiger partial charge on any atom is 0.206 e. The molecule has 0 saturated carbocycles. The standard InChI is InChI=1S/C19H17N3OS/c1-2-12-20-19-22(21-13-16-10-6-7-11-18(16)23)17(14-24-19)15-8-4-3-5-9-15/h2-11,13-14,23H,1,12H2. The monoisotopic (exact) mass is 335 g/mol. The molecule has 3 aromatic rings. The van der Waals surface area contributed by atoms with Gasteiger partial charge in [0.25, 0.3) is 0 Å². The summed E-state index contributed by atoms with van der Waals surface area (Å²) >= 11 is 1.52. The van der Waals surface area contributed by atoms with Crippen molar-refractivity contribution < 1.29 is 5.11 Å². The molecule has 0 amide bonds. The lowest BCUT2D eigenvalue weighted by atomic mass is 10.2. The van der Waals surface area contributed by atoms with E-state index >= 15 is 0 Å². The van der Waals surface area contributed by atoms with Gasteiger partial charge in [-0.1, -0.05) is 48.5 Å². The van der Waals surface area contributed by atoms with Gasteiger partial charge in [0.15, 0.2) is 0 Å². The maximum absolute atomic E-state index is 9.90.